The molecule has 1 atom stereocenters. The van der Waals surface area contributed by atoms with E-state index >= 15 is 0 Å². The molecule has 94 valence electrons. The average molecular weight is 243 g/mol. The smallest absolute Gasteiger partial charge is 0.330 e. The van der Waals surface area contributed by atoms with Crippen LogP contribution in [0.25, 0.3) is 0 Å². The third-order valence-electron chi connectivity index (χ3n) is 2.56. The van der Waals surface area contributed by atoms with Crippen LogP contribution in [-0.2, 0) is 15.1 Å². The molecule has 3 nitrogen and oxygen atoms in total. The Hall–Kier alpha value is -1.49. The second kappa shape index (κ2) is 5.23. The maximum atomic E-state index is 13.1. The molecule has 0 saturated heterocycles. The average Bonchev–Trinajstić information content (AvgIpc) is 2.26. The first-order valence-electron chi connectivity index (χ1n) is 5.24. The van der Waals surface area contributed by atoms with Crippen molar-refractivity contribution in [1.29, 1.82) is 0 Å². The van der Waals surface area contributed by atoms with Crippen LogP contribution in [0.4, 0.5) is 8.78 Å². The van der Waals surface area contributed by atoms with Crippen molar-refractivity contribution < 1.29 is 18.3 Å². The first kappa shape index (κ1) is 13.6. The number of halogens is 2. The van der Waals surface area contributed by atoms with Crippen LogP contribution in [0.1, 0.15) is 19.4 Å². The molecule has 0 aromatic heterocycles. The van der Waals surface area contributed by atoms with Gasteiger partial charge in [-0.25, -0.2) is 13.6 Å². The lowest BCUT2D eigenvalue weighted by molar-refractivity contribution is -0.148. The van der Waals surface area contributed by atoms with Gasteiger partial charge in [-0.1, -0.05) is 6.92 Å². The van der Waals surface area contributed by atoms with Gasteiger partial charge in [-0.05, 0) is 31.2 Å². The predicted molar refractivity (Wildman–Crippen MR) is 59.4 cm³/mol. The summed E-state index contributed by atoms with van der Waals surface area (Å²) in [5.74, 6) is -2.05. The van der Waals surface area contributed by atoms with Crippen LogP contribution in [0, 0.1) is 11.6 Å². The summed E-state index contributed by atoms with van der Waals surface area (Å²) in [6, 6.07) is 2.98. The number of rotatable bonds is 4. The van der Waals surface area contributed by atoms with Crippen LogP contribution in [0.15, 0.2) is 18.2 Å². The Labute approximate surface area is 98.8 Å². The first-order valence-corrected chi connectivity index (χ1v) is 5.24. The minimum Gasteiger partial charge on any atom is -0.467 e. The van der Waals surface area contributed by atoms with Crippen molar-refractivity contribution in [3.8, 4) is 0 Å². The molecule has 0 bridgehead atoms. The fraction of sp³-hybridized carbons (Fsp3) is 0.417. The van der Waals surface area contributed by atoms with Crippen LogP contribution >= 0.6 is 0 Å². The third kappa shape index (κ3) is 2.79. The van der Waals surface area contributed by atoms with Gasteiger partial charge in [0.2, 0.25) is 0 Å². The van der Waals surface area contributed by atoms with Gasteiger partial charge in [-0.2, -0.15) is 0 Å². The maximum absolute atomic E-state index is 13.1. The molecule has 1 unspecified atom stereocenters. The minimum absolute atomic E-state index is 0.198. The van der Waals surface area contributed by atoms with Crippen molar-refractivity contribution in [2.45, 2.75) is 19.4 Å². The van der Waals surface area contributed by atoms with Crippen molar-refractivity contribution in [1.82, 2.24) is 5.32 Å². The van der Waals surface area contributed by atoms with Crippen LogP contribution in [0.2, 0.25) is 0 Å². The van der Waals surface area contributed by atoms with E-state index in [9.17, 15) is 13.6 Å². The number of esters is 1. The predicted octanol–water partition coefficient (Wildman–Crippen LogP) is 1.96. The fourth-order valence-electron chi connectivity index (χ4n) is 1.69. The van der Waals surface area contributed by atoms with Gasteiger partial charge < -0.3 is 4.74 Å². The van der Waals surface area contributed by atoms with Crippen molar-refractivity contribution in [2.75, 3.05) is 13.7 Å². The van der Waals surface area contributed by atoms with E-state index < -0.39 is 23.1 Å². The normalized spacial score (nSPS) is 14.2. The Morgan fingerprint density at radius 1 is 1.35 bits per heavy atom. The Morgan fingerprint density at radius 3 is 2.29 bits per heavy atom. The summed E-state index contributed by atoms with van der Waals surface area (Å²) >= 11 is 0. The molecular weight excluding hydrogens is 228 g/mol. The van der Waals surface area contributed by atoms with Crippen LogP contribution < -0.4 is 5.32 Å². The second-order valence-corrected chi connectivity index (χ2v) is 3.81. The minimum atomic E-state index is -1.26. The van der Waals surface area contributed by atoms with Gasteiger partial charge in [0.25, 0.3) is 0 Å². The maximum Gasteiger partial charge on any atom is 0.330 e. The molecule has 1 rings (SSSR count). The van der Waals surface area contributed by atoms with Gasteiger partial charge in [0.15, 0.2) is 0 Å². The van der Waals surface area contributed by atoms with Crippen LogP contribution in [-0.4, -0.2) is 19.6 Å². The van der Waals surface area contributed by atoms with Gasteiger partial charge in [0.05, 0.1) is 7.11 Å². The molecule has 1 N–H and O–H groups in total. The molecule has 5 heteroatoms. The van der Waals surface area contributed by atoms with Gasteiger partial charge in [0, 0.05) is 6.07 Å². The zero-order valence-electron chi connectivity index (χ0n) is 10.0. The summed E-state index contributed by atoms with van der Waals surface area (Å²) in [7, 11) is 1.23. The second-order valence-electron chi connectivity index (χ2n) is 3.81. The number of methoxy groups -OCH3 is 1. The number of hydrogen-bond acceptors (Lipinski definition) is 3. The van der Waals surface area contributed by atoms with Gasteiger partial charge >= 0.3 is 5.97 Å². The van der Waals surface area contributed by atoms with E-state index in [0.29, 0.717) is 6.54 Å². The number of carbonyl (C=O) groups is 1. The molecule has 0 amide bonds. The Bertz CT molecular complexity index is 403. The summed E-state index contributed by atoms with van der Waals surface area (Å²) in [5.41, 5.74) is -1.06. The molecule has 17 heavy (non-hydrogen) atoms. The summed E-state index contributed by atoms with van der Waals surface area (Å²) in [6.45, 7) is 3.77. The molecule has 0 heterocycles. The molecule has 0 saturated carbocycles. The van der Waals surface area contributed by atoms with E-state index in [1.54, 1.807) is 6.92 Å². The van der Waals surface area contributed by atoms with Crippen molar-refractivity contribution in [2.24, 2.45) is 0 Å². The van der Waals surface area contributed by atoms with E-state index in [1.807, 2.05) is 0 Å². The number of hydrogen-bond donors (Lipinski definition) is 1. The summed E-state index contributed by atoms with van der Waals surface area (Å²) in [4.78, 5) is 11.7. The number of likely N-dealkylation sites (N-methyl/N-ethyl adjacent to an activating group) is 1. The topological polar surface area (TPSA) is 38.3 Å². The molecule has 1 aromatic carbocycles. The van der Waals surface area contributed by atoms with E-state index in [4.69, 9.17) is 0 Å². The third-order valence-corrected chi connectivity index (χ3v) is 2.56. The van der Waals surface area contributed by atoms with Crippen LogP contribution in [0.5, 0.6) is 0 Å². The molecule has 0 radical (unpaired) electrons. The van der Waals surface area contributed by atoms with Crippen molar-refractivity contribution >= 4 is 5.97 Å². The number of ether oxygens (including phenoxy) is 1. The molecule has 1 aromatic rings. The van der Waals surface area contributed by atoms with Gasteiger partial charge in [-0.3, -0.25) is 5.32 Å². The highest BCUT2D eigenvalue weighted by atomic mass is 19.1. The highest BCUT2D eigenvalue weighted by Gasteiger charge is 2.36. The lowest BCUT2D eigenvalue weighted by Gasteiger charge is -2.28. The molecular formula is C12H15F2NO2. The Kier molecular flexibility index (Phi) is 4.17. The standard InChI is InChI=1S/C12H15F2NO2/c1-4-15-12(2,11(16)17-3)8-5-9(13)7-10(14)6-8/h5-7,15H,4H2,1-3H3. The van der Waals surface area contributed by atoms with E-state index in [0.717, 1.165) is 18.2 Å². The van der Waals surface area contributed by atoms with Gasteiger partial charge in [0.1, 0.15) is 17.2 Å². The zero-order chi connectivity index (χ0) is 13.1. The summed E-state index contributed by atoms with van der Waals surface area (Å²) < 4.78 is 30.9. The summed E-state index contributed by atoms with van der Waals surface area (Å²) in [6.07, 6.45) is 0. The fourth-order valence-corrected chi connectivity index (χ4v) is 1.69. The lowest BCUT2D eigenvalue weighted by Crippen LogP contribution is -2.47. The van der Waals surface area contributed by atoms with Gasteiger partial charge in [-0.15, -0.1) is 0 Å². The SMILES string of the molecule is CCNC(C)(C(=O)OC)c1cc(F)cc(F)c1. The van der Waals surface area contributed by atoms with E-state index in [-0.39, 0.29) is 5.56 Å². The molecule has 0 aliphatic heterocycles. The lowest BCUT2D eigenvalue weighted by atomic mass is 9.91. The Balaban J connectivity index is 3.26. The molecule has 0 spiro atoms. The molecule has 0 aliphatic rings. The van der Waals surface area contributed by atoms with E-state index in [2.05, 4.69) is 10.1 Å². The highest BCUT2D eigenvalue weighted by Crippen LogP contribution is 2.24. The van der Waals surface area contributed by atoms with E-state index in [1.165, 1.54) is 14.0 Å². The highest BCUT2D eigenvalue weighted by molar-refractivity contribution is 5.82. The number of nitrogens with one attached hydrogen (secondary N) is 1. The summed E-state index contributed by atoms with van der Waals surface area (Å²) in [5, 5.41) is 2.87. The largest absolute Gasteiger partial charge is 0.467 e. The number of carbonyl (C=O) groups excluding carboxylic acids is 1. The quantitative estimate of drug-likeness (QED) is 0.821. The zero-order valence-corrected chi connectivity index (χ0v) is 10.0. The molecule has 0 fully saturated rings. The first-order chi connectivity index (χ1) is 7.93. The van der Waals surface area contributed by atoms with Crippen molar-refractivity contribution in [3.05, 3.63) is 35.4 Å². The van der Waals surface area contributed by atoms with Crippen molar-refractivity contribution in [3.63, 3.8) is 0 Å². The van der Waals surface area contributed by atoms with Crippen LogP contribution in [0.3, 0.4) is 0 Å². The molecule has 0 aliphatic carbocycles. The number of benzene rings is 1. The monoisotopic (exact) mass is 243 g/mol. The Morgan fingerprint density at radius 2 is 1.88 bits per heavy atom.